The first-order valence-electron chi connectivity index (χ1n) is 6.96. The molecule has 0 bridgehead atoms. The lowest BCUT2D eigenvalue weighted by molar-refractivity contribution is -0.111. The number of para-hydroxylation sites is 1. The molecule has 1 aliphatic carbocycles. The number of anilines is 1. The minimum atomic E-state index is -0.596. The lowest BCUT2D eigenvalue weighted by Gasteiger charge is -2.19. The van der Waals surface area contributed by atoms with Crippen LogP contribution < -0.4 is 5.32 Å². The fourth-order valence-electron chi connectivity index (χ4n) is 2.45. The van der Waals surface area contributed by atoms with Gasteiger partial charge in [0.1, 0.15) is 0 Å². The molecule has 0 unspecified atom stereocenters. The summed E-state index contributed by atoms with van der Waals surface area (Å²) in [5.41, 5.74) is 2.29. The van der Waals surface area contributed by atoms with Crippen LogP contribution in [0.5, 0.6) is 0 Å². The highest BCUT2D eigenvalue weighted by molar-refractivity contribution is 6.50. The molecule has 2 aromatic rings. The third-order valence-corrected chi connectivity index (χ3v) is 3.56. The molecule has 0 spiro atoms. The summed E-state index contributed by atoms with van der Waals surface area (Å²) >= 11 is 0. The summed E-state index contributed by atoms with van der Waals surface area (Å²) in [6.45, 7) is 0. The van der Waals surface area contributed by atoms with E-state index in [1.54, 1.807) is 48.5 Å². The average Bonchev–Trinajstić information content (AvgIpc) is 2.59. The number of allylic oxidation sites excluding steroid dienone is 1. The number of carbonyl (C=O) groups is 3. The topological polar surface area (TPSA) is 72.5 Å². The van der Waals surface area contributed by atoms with Crippen LogP contribution >= 0.6 is 0 Å². The molecule has 5 heteroatoms. The molecule has 0 radical (unpaired) electrons. The Labute approximate surface area is 132 Å². The highest BCUT2D eigenvalue weighted by Crippen LogP contribution is 2.28. The van der Waals surface area contributed by atoms with E-state index in [4.69, 9.17) is 4.74 Å². The van der Waals surface area contributed by atoms with Crippen LogP contribution in [0, 0.1) is 0 Å². The standard InChI is InChI=1S/C18H13NO4/c1-23-18(22)13-8-4-5-9-14(13)19-15-10-16(20)17(21)12-7-3-2-6-11(12)15/h2-10,19H,1H3. The fourth-order valence-corrected chi connectivity index (χ4v) is 2.45. The van der Waals surface area contributed by atoms with E-state index in [1.807, 2.05) is 0 Å². The first-order valence-corrected chi connectivity index (χ1v) is 6.96. The maximum absolute atomic E-state index is 11.9. The van der Waals surface area contributed by atoms with E-state index in [1.165, 1.54) is 13.2 Å². The second-order valence-corrected chi connectivity index (χ2v) is 4.96. The summed E-state index contributed by atoms with van der Waals surface area (Å²) in [6.07, 6.45) is 1.25. The van der Waals surface area contributed by atoms with Crippen molar-refractivity contribution in [2.24, 2.45) is 0 Å². The van der Waals surface area contributed by atoms with Crippen LogP contribution in [0.1, 0.15) is 26.3 Å². The molecule has 5 nitrogen and oxygen atoms in total. The smallest absolute Gasteiger partial charge is 0.339 e. The van der Waals surface area contributed by atoms with Crippen molar-refractivity contribution in [1.29, 1.82) is 0 Å². The molecule has 2 aromatic carbocycles. The predicted octanol–water partition coefficient (Wildman–Crippen LogP) is 2.69. The van der Waals surface area contributed by atoms with E-state index in [9.17, 15) is 14.4 Å². The SMILES string of the molecule is COC(=O)c1ccccc1NC1=CC(=O)C(=O)c2ccccc21. The number of hydrogen-bond donors (Lipinski definition) is 1. The number of fused-ring (bicyclic) bond motifs is 1. The Kier molecular flexibility index (Phi) is 3.76. The van der Waals surface area contributed by atoms with E-state index >= 15 is 0 Å². The molecule has 0 atom stereocenters. The third kappa shape index (κ3) is 2.64. The van der Waals surface area contributed by atoms with Crippen molar-refractivity contribution in [3.63, 3.8) is 0 Å². The van der Waals surface area contributed by atoms with Gasteiger partial charge in [0.05, 0.1) is 24.1 Å². The quantitative estimate of drug-likeness (QED) is 0.697. The van der Waals surface area contributed by atoms with Gasteiger partial charge in [-0.15, -0.1) is 0 Å². The van der Waals surface area contributed by atoms with Crippen molar-refractivity contribution >= 4 is 28.9 Å². The van der Waals surface area contributed by atoms with Crippen molar-refractivity contribution in [2.75, 3.05) is 12.4 Å². The first-order chi connectivity index (χ1) is 11.1. The van der Waals surface area contributed by atoms with Crippen molar-refractivity contribution in [1.82, 2.24) is 0 Å². The van der Waals surface area contributed by atoms with E-state index in [0.29, 0.717) is 28.1 Å². The average molecular weight is 307 g/mol. The zero-order valence-electron chi connectivity index (χ0n) is 12.3. The predicted molar refractivity (Wildman–Crippen MR) is 85.2 cm³/mol. The Bertz CT molecular complexity index is 852. The molecule has 0 aromatic heterocycles. The number of ketones is 2. The number of benzene rings is 2. The second-order valence-electron chi connectivity index (χ2n) is 4.96. The lowest BCUT2D eigenvalue weighted by atomic mass is 9.92. The Morgan fingerprint density at radius 2 is 1.61 bits per heavy atom. The van der Waals surface area contributed by atoms with Gasteiger partial charge in [0.25, 0.3) is 0 Å². The van der Waals surface area contributed by atoms with Crippen LogP contribution in [-0.4, -0.2) is 24.6 Å². The fraction of sp³-hybridized carbons (Fsp3) is 0.0556. The molecule has 0 aliphatic heterocycles. The number of Topliss-reactive ketones (excluding diaryl/α,β-unsaturated/α-hetero) is 1. The van der Waals surface area contributed by atoms with Crippen LogP contribution in [0.2, 0.25) is 0 Å². The van der Waals surface area contributed by atoms with Gasteiger partial charge in [-0.05, 0) is 12.1 Å². The summed E-state index contributed by atoms with van der Waals surface area (Å²) in [5.74, 6) is -1.62. The molecule has 23 heavy (non-hydrogen) atoms. The Morgan fingerprint density at radius 1 is 0.957 bits per heavy atom. The molecule has 114 valence electrons. The van der Waals surface area contributed by atoms with E-state index in [-0.39, 0.29) is 0 Å². The summed E-state index contributed by atoms with van der Waals surface area (Å²) < 4.78 is 4.75. The number of esters is 1. The van der Waals surface area contributed by atoms with E-state index < -0.39 is 17.5 Å². The van der Waals surface area contributed by atoms with Crippen LogP contribution in [0.25, 0.3) is 5.70 Å². The van der Waals surface area contributed by atoms with Crippen molar-refractivity contribution in [3.05, 3.63) is 71.3 Å². The highest BCUT2D eigenvalue weighted by Gasteiger charge is 2.26. The molecule has 0 fully saturated rings. The van der Waals surface area contributed by atoms with Gasteiger partial charge in [-0.25, -0.2) is 4.79 Å². The highest BCUT2D eigenvalue weighted by atomic mass is 16.5. The maximum Gasteiger partial charge on any atom is 0.339 e. The minimum Gasteiger partial charge on any atom is -0.465 e. The van der Waals surface area contributed by atoms with Gasteiger partial charge in [0.15, 0.2) is 0 Å². The number of methoxy groups -OCH3 is 1. The monoisotopic (exact) mass is 307 g/mol. The maximum atomic E-state index is 11.9. The largest absolute Gasteiger partial charge is 0.465 e. The molecule has 1 N–H and O–H groups in total. The number of nitrogens with one attached hydrogen (secondary N) is 1. The normalized spacial score (nSPS) is 13.2. The first kappa shape index (κ1) is 14.7. The van der Waals surface area contributed by atoms with Crippen LogP contribution in [0.15, 0.2) is 54.6 Å². The van der Waals surface area contributed by atoms with Crippen LogP contribution in [0.4, 0.5) is 5.69 Å². The summed E-state index contributed by atoms with van der Waals surface area (Å²) in [6, 6.07) is 13.6. The number of carbonyl (C=O) groups excluding carboxylic acids is 3. The van der Waals surface area contributed by atoms with Crippen molar-refractivity contribution in [2.45, 2.75) is 0 Å². The molecule has 3 rings (SSSR count). The van der Waals surface area contributed by atoms with E-state index in [0.717, 1.165) is 0 Å². The lowest BCUT2D eigenvalue weighted by Crippen LogP contribution is -2.21. The molecule has 0 amide bonds. The molecule has 0 saturated carbocycles. The molecule has 0 heterocycles. The number of ether oxygens (including phenoxy) is 1. The summed E-state index contributed by atoms with van der Waals surface area (Å²) in [4.78, 5) is 35.7. The minimum absolute atomic E-state index is 0.345. The van der Waals surface area contributed by atoms with E-state index in [2.05, 4.69) is 5.32 Å². The second kappa shape index (κ2) is 5.88. The van der Waals surface area contributed by atoms with Gasteiger partial charge in [-0.1, -0.05) is 36.4 Å². The number of hydrogen-bond acceptors (Lipinski definition) is 5. The van der Waals surface area contributed by atoms with Crippen molar-refractivity contribution < 1.29 is 19.1 Å². The van der Waals surface area contributed by atoms with Gasteiger partial charge in [0.2, 0.25) is 11.6 Å². The van der Waals surface area contributed by atoms with Crippen LogP contribution in [-0.2, 0) is 9.53 Å². The molecular weight excluding hydrogens is 294 g/mol. The number of rotatable bonds is 3. The molecule has 0 saturated heterocycles. The van der Waals surface area contributed by atoms with Gasteiger partial charge < -0.3 is 10.1 Å². The summed E-state index contributed by atoms with van der Waals surface area (Å²) in [5, 5.41) is 3.06. The zero-order valence-corrected chi connectivity index (χ0v) is 12.3. The van der Waals surface area contributed by atoms with Gasteiger partial charge in [-0.3, -0.25) is 9.59 Å². The zero-order chi connectivity index (χ0) is 16.4. The Balaban J connectivity index is 2.04. The Morgan fingerprint density at radius 3 is 2.35 bits per heavy atom. The van der Waals surface area contributed by atoms with Gasteiger partial charge in [-0.2, -0.15) is 0 Å². The van der Waals surface area contributed by atoms with Gasteiger partial charge in [0, 0.05) is 17.2 Å². The Hall–Kier alpha value is -3.21. The third-order valence-electron chi connectivity index (χ3n) is 3.56. The van der Waals surface area contributed by atoms with Crippen molar-refractivity contribution in [3.8, 4) is 0 Å². The van der Waals surface area contributed by atoms with Crippen LogP contribution in [0.3, 0.4) is 0 Å². The molecule has 1 aliphatic rings. The molecular formula is C18H13NO4. The van der Waals surface area contributed by atoms with Gasteiger partial charge >= 0.3 is 5.97 Å². The summed E-state index contributed by atoms with van der Waals surface area (Å²) in [7, 11) is 1.30.